The van der Waals surface area contributed by atoms with Gasteiger partial charge in [-0.3, -0.25) is 4.79 Å². The number of hydrogen-bond acceptors (Lipinski definition) is 7. The third-order valence-electron chi connectivity index (χ3n) is 8.22. The molecule has 214 valence electrons. The Morgan fingerprint density at radius 1 is 1.18 bits per heavy atom. The average molecular weight is 588 g/mol. The van der Waals surface area contributed by atoms with Crippen LogP contribution >= 0.6 is 23.4 Å². The number of para-hydroxylation sites is 1. The van der Waals surface area contributed by atoms with E-state index in [4.69, 9.17) is 21.1 Å². The Morgan fingerprint density at radius 2 is 1.93 bits per heavy atom. The number of piperidine rings is 1. The second kappa shape index (κ2) is 10.7. The number of carboxylic acids is 1. The highest BCUT2D eigenvalue weighted by molar-refractivity contribution is 8.00. The van der Waals surface area contributed by atoms with Gasteiger partial charge in [0.05, 0.1) is 17.7 Å². The quantitative estimate of drug-likeness (QED) is 0.479. The molecule has 3 heterocycles. The number of halogens is 1. The minimum atomic E-state index is -1.70. The molecule has 0 bridgehead atoms. The lowest BCUT2D eigenvalue weighted by Gasteiger charge is -2.54. The van der Waals surface area contributed by atoms with Gasteiger partial charge in [-0.15, -0.1) is 11.8 Å². The summed E-state index contributed by atoms with van der Waals surface area (Å²) >= 11 is 8.04. The number of amides is 1. The SMILES string of the molecule is CC(=O)[C@H]1CNCC[C@]1(C(=O)O)[N@+]1(CC(C)(C)C)C(=O)CSC(c2cccc3c2OCCO3)c2cc(Cl)ccc21. The van der Waals surface area contributed by atoms with E-state index in [0.717, 1.165) is 11.1 Å². The van der Waals surface area contributed by atoms with E-state index in [1.54, 1.807) is 12.1 Å². The Bertz CT molecular complexity index is 1360. The van der Waals surface area contributed by atoms with Crippen LogP contribution in [0, 0.1) is 11.3 Å². The number of carbonyl (C=O) groups is 3. The highest BCUT2D eigenvalue weighted by Gasteiger charge is 2.69. The molecule has 2 N–H and O–H groups in total. The van der Waals surface area contributed by atoms with E-state index in [-0.39, 0.29) is 42.2 Å². The number of carboxylic acid groups (broad SMARTS) is 1. The largest absolute Gasteiger partial charge is 0.486 e. The molecule has 0 saturated carbocycles. The van der Waals surface area contributed by atoms with Gasteiger partial charge < -0.3 is 19.9 Å². The van der Waals surface area contributed by atoms with Crippen molar-refractivity contribution in [1.82, 2.24) is 9.80 Å². The predicted octanol–water partition coefficient (Wildman–Crippen LogP) is 4.85. The molecule has 8 nitrogen and oxygen atoms in total. The molecule has 0 aliphatic carbocycles. The number of thioether (sulfide) groups is 1. The van der Waals surface area contributed by atoms with Gasteiger partial charge in [-0.1, -0.05) is 44.5 Å². The number of fused-ring (bicyclic) bond motifs is 2. The zero-order chi connectivity index (χ0) is 28.9. The number of Topliss-reactive ketones (excluding diaryl/α,β-unsaturated/α-hetero) is 1. The molecule has 1 saturated heterocycles. The van der Waals surface area contributed by atoms with Gasteiger partial charge in [-0.25, -0.2) is 14.1 Å². The highest BCUT2D eigenvalue weighted by atomic mass is 35.5. The maximum atomic E-state index is 14.8. The first kappa shape index (κ1) is 28.9. The predicted molar refractivity (Wildman–Crippen MR) is 156 cm³/mol. The van der Waals surface area contributed by atoms with E-state index in [9.17, 15) is 19.5 Å². The van der Waals surface area contributed by atoms with Crippen molar-refractivity contribution in [3.63, 3.8) is 0 Å². The van der Waals surface area contributed by atoms with E-state index < -0.39 is 27.3 Å². The Labute approximate surface area is 243 Å². The Morgan fingerprint density at radius 3 is 2.62 bits per heavy atom. The summed E-state index contributed by atoms with van der Waals surface area (Å²) in [6.07, 6.45) is 0.128. The van der Waals surface area contributed by atoms with Crippen LogP contribution in [0.25, 0.3) is 0 Å². The van der Waals surface area contributed by atoms with Crippen molar-refractivity contribution in [3.8, 4) is 11.5 Å². The summed E-state index contributed by atoms with van der Waals surface area (Å²) in [5.74, 6) is -1.22. The molecule has 2 aromatic carbocycles. The first-order valence-electron chi connectivity index (χ1n) is 13.6. The zero-order valence-electron chi connectivity index (χ0n) is 23.3. The number of ketones is 1. The van der Waals surface area contributed by atoms with E-state index in [0.29, 0.717) is 42.0 Å². The smallest absolute Gasteiger partial charge is 0.367 e. The lowest BCUT2D eigenvalue weighted by Crippen LogP contribution is -2.80. The van der Waals surface area contributed by atoms with E-state index in [1.165, 1.54) is 18.7 Å². The highest BCUT2D eigenvalue weighted by Crippen LogP contribution is 2.55. The van der Waals surface area contributed by atoms with Crippen molar-refractivity contribution >= 4 is 46.7 Å². The number of hydrogen-bond donors (Lipinski definition) is 2. The molecule has 3 aliphatic heterocycles. The van der Waals surface area contributed by atoms with Crippen LogP contribution in [0.3, 0.4) is 0 Å². The van der Waals surface area contributed by atoms with E-state index in [1.807, 2.05) is 45.0 Å². The summed E-state index contributed by atoms with van der Waals surface area (Å²) < 4.78 is 11.5. The van der Waals surface area contributed by atoms with Gasteiger partial charge in [-0.2, -0.15) is 0 Å². The Hall–Kier alpha value is -2.59. The fourth-order valence-corrected chi connectivity index (χ4v) is 8.26. The molecule has 0 radical (unpaired) electrons. The van der Waals surface area contributed by atoms with Gasteiger partial charge in [-0.05, 0) is 25.1 Å². The molecule has 1 unspecified atom stereocenters. The van der Waals surface area contributed by atoms with Crippen molar-refractivity contribution in [3.05, 3.63) is 52.5 Å². The molecule has 4 atom stereocenters. The number of ether oxygens (including phenoxy) is 2. The minimum absolute atomic E-state index is 0.0463. The summed E-state index contributed by atoms with van der Waals surface area (Å²) in [4.78, 5) is 41.6. The van der Waals surface area contributed by atoms with Crippen LogP contribution in [-0.2, 0) is 14.4 Å². The van der Waals surface area contributed by atoms with Crippen molar-refractivity contribution in [2.45, 2.75) is 44.9 Å². The summed E-state index contributed by atoms with van der Waals surface area (Å²) in [7, 11) is 0. The summed E-state index contributed by atoms with van der Waals surface area (Å²) in [5, 5.41) is 14.5. The lowest BCUT2D eigenvalue weighted by atomic mass is 9.70. The Kier molecular flexibility index (Phi) is 7.72. The summed E-state index contributed by atoms with van der Waals surface area (Å²) in [5.41, 5.74) is -0.00279. The van der Waals surface area contributed by atoms with Crippen LogP contribution in [0.15, 0.2) is 36.4 Å². The molecular formula is C30H36ClN2O6S+. The van der Waals surface area contributed by atoms with E-state index >= 15 is 0 Å². The third kappa shape index (κ3) is 4.61. The topological polar surface area (TPSA) is 102 Å². The molecule has 10 heteroatoms. The van der Waals surface area contributed by atoms with Crippen molar-refractivity contribution < 1.29 is 29.0 Å². The second-order valence-electron chi connectivity index (χ2n) is 12.0. The van der Waals surface area contributed by atoms with Crippen LogP contribution in [0.5, 0.6) is 11.5 Å². The van der Waals surface area contributed by atoms with Crippen LogP contribution < -0.4 is 19.3 Å². The second-order valence-corrected chi connectivity index (χ2v) is 13.6. The fourth-order valence-electron chi connectivity index (χ4n) is 6.82. The van der Waals surface area contributed by atoms with E-state index in [2.05, 4.69) is 5.32 Å². The molecule has 40 heavy (non-hydrogen) atoms. The summed E-state index contributed by atoms with van der Waals surface area (Å²) in [6.45, 7) is 9.07. The average Bonchev–Trinajstić information content (AvgIpc) is 3.02. The number of nitrogens with one attached hydrogen (secondary N) is 1. The maximum absolute atomic E-state index is 14.8. The third-order valence-corrected chi connectivity index (χ3v) is 9.71. The standard InChI is InChI=1S/C30H35ClN2O6S/c1-18(34)22-15-32-11-10-30(22,28(36)37)33(17-29(2,3)4)23-9-8-19(31)14-21(23)27(40-16-25(33)35)20-6-5-7-24-26(20)39-13-12-38-24/h5-9,14,22,27,32H,10-13,15-17H2,1-4H3/p+1/t22-,27?,30+,33+/m1/s1. The molecule has 1 fully saturated rings. The number of quaternary nitrogens is 1. The Balaban J connectivity index is 1.86. The van der Waals surface area contributed by atoms with Gasteiger partial charge in [0.2, 0.25) is 5.54 Å². The van der Waals surface area contributed by atoms with Crippen molar-refractivity contribution in [2.24, 2.45) is 11.3 Å². The lowest BCUT2D eigenvalue weighted by molar-refractivity contribution is -0.167. The molecule has 3 aliphatic rings. The van der Waals surface area contributed by atoms with Crippen LogP contribution in [0.1, 0.15) is 50.5 Å². The minimum Gasteiger partial charge on any atom is -0.486 e. The fraction of sp³-hybridized carbons (Fsp3) is 0.500. The zero-order valence-corrected chi connectivity index (χ0v) is 24.9. The number of rotatable bonds is 5. The van der Waals surface area contributed by atoms with Gasteiger partial charge in [0.25, 0.3) is 0 Å². The van der Waals surface area contributed by atoms with Gasteiger partial charge >= 0.3 is 11.9 Å². The van der Waals surface area contributed by atoms with Crippen molar-refractivity contribution in [2.75, 3.05) is 38.6 Å². The van der Waals surface area contributed by atoms with Gasteiger partial charge in [0, 0.05) is 47.1 Å². The van der Waals surface area contributed by atoms with Crippen LogP contribution in [-0.4, -0.2) is 66.9 Å². The molecule has 1 amide bonds. The van der Waals surface area contributed by atoms with Crippen molar-refractivity contribution in [1.29, 1.82) is 0 Å². The summed E-state index contributed by atoms with van der Waals surface area (Å²) in [6, 6.07) is 11.1. The maximum Gasteiger partial charge on any atom is 0.367 e. The molecule has 5 rings (SSSR count). The first-order chi connectivity index (χ1) is 18.9. The van der Waals surface area contributed by atoms with Gasteiger partial charge in [0.1, 0.15) is 30.4 Å². The van der Waals surface area contributed by atoms with Crippen LogP contribution in [0.4, 0.5) is 5.69 Å². The number of carbonyl (C=O) groups excluding carboxylic acids is 2. The molecule has 2 aromatic rings. The number of aliphatic carboxylic acids is 1. The molecular weight excluding hydrogens is 552 g/mol. The number of benzene rings is 2. The van der Waals surface area contributed by atoms with Gasteiger partial charge in [0.15, 0.2) is 11.5 Å². The van der Waals surface area contributed by atoms with Crippen LogP contribution in [0.2, 0.25) is 5.02 Å². The molecule has 0 aromatic heterocycles. The first-order valence-corrected chi connectivity index (χ1v) is 15.0. The molecule has 0 spiro atoms. The number of nitrogens with zero attached hydrogens (tertiary/aromatic N) is 1. The normalized spacial score (nSPS) is 28.4. The monoisotopic (exact) mass is 587 g/mol.